The molecule has 1 aromatic heterocycles. The number of aromatic hydroxyl groups is 2. The van der Waals surface area contributed by atoms with Crippen LogP contribution >= 0.6 is 11.8 Å². The normalized spacial score (nSPS) is 16.9. The van der Waals surface area contributed by atoms with Crippen LogP contribution in [0.5, 0.6) is 17.4 Å². The van der Waals surface area contributed by atoms with Crippen LogP contribution in [0.3, 0.4) is 0 Å². The van der Waals surface area contributed by atoms with Crippen LogP contribution in [-0.4, -0.2) is 49.5 Å². The minimum absolute atomic E-state index is 0.0238. The van der Waals surface area contributed by atoms with Gasteiger partial charge in [-0.1, -0.05) is 30.0 Å². The molecule has 2 aromatic carbocycles. The van der Waals surface area contributed by atoms with Crippen molar-refractivity contribution < 1.29 is 28.9 Å². The summed E-state index contributed by atoms with van der Waals surface area (Å²) in [5.74, 6) is -2.66. The fourth-order valence-electron chi connectivity index (χ4n) is 3.56. The summed E-state index contributed by atoms with van der Waals surface area (Å²) >= 11 is 0.896. The van der Waals surface area contributed by atoms with Crippen molar-refractivity contribution in [1.29, 1.82) is 0 Å². The predicted octanol–water partition coefficient (Wildman–Crippen LogP) is 1.33. The topological polar surface area (TPSA) is 186 Å². The van der Waals surface area contributed by atoms with E-state index in [1.54, 1.807) is 6.07 Å². The molecule has 3 aromatic rings. The highest BCUT2D eigenvalue weighted by Crippen LogP contribution is 2.36. The molecule has 0 radical (unpaired) electrons. The van der Waals surface area contributed by atoms with Gasteiger partial charge in [-0.15, -0.1) is 0 Å². The Morgan fingerprint density at radius 1 is 1.19 bits per heavy atom. The van der Waals surface area contributed by atoms with Crippen LogP contribution in [0.25, 0.3) is 0 Å². The van der Waals surface area contributed by atoms with Crippen molar-refractivity contribution >= 4 is 34.4 Å². The lowest BCUT2D eigenvalue weighted by molar-refractivity contribution is -0.122. The highest BCUT2D eigenvalue weighted by molar-refractivity contribution is 8.15. The molecule has 0 bridgehead atoms. The molecule has 2 amide bonds. The Hall–Kier alpha value is -4.59. The molecule has 0 aliphatic carbocycles. The zero-order chi connectivity index (χ0) is 26.7. The number of aromatic nitrogens is 2. The Morgan fingerprint density at radius 3 is 2.65 bits per heavy atom. The Morgan fingerprint density at radius 2 is 1.95 bits per heavy atom. The van der Waals surface area contributed by atoms with E-state index < -0.39 is 46.1 Å². The molecule has 4 rings (SSSR count). The molecule has 192 valence electrons. The molecule has 2 heterocycles. The second-order valence-corrected chi connectivity index (χ2v) is 8.96. The molecule has 1 aliphatic heterocycles. The molecule has 0 spiro atoms. The van der Waals surface area contributed by atoms with Gasteiger partial charge in [0.2, 0.25) is 17.7 Å². The molecule has 0 unspecified atom stereocenters. The molecule has 1 aliphatic rings. The third kappa shape index (κ3) is 5.64. The number of nitrogens with zero attached hydrogens (tertiary/aromatic N) is 1. The summed E-state index contributed by atoms with van der Waals surface area (Å²) in [4.78, 5) is 57.6. The number of ether oxygens (including phenoxy) is 1. The van der Waals surface area contributed by atoms with Crippen molar-refractivity contribution in [2.24, 2.45) is 4.99 Å². The number of H-pyrrole nitrogens is 2. The average molecular weight is 530 g/mol. The van der Waals surface area contributed by atoms with Crippen LogP contribution in [0.2, 0.25) is 0 Å². The summed E-state index contributed by atoms with van der Waals surface area (Å²) in [6.45, 7) is 0. The number of phenolic OH excluding ortho intramolecular Hbond substituents is 1. The van der Waals surface area contributed by atoms with E-state index in [1.807, 2.05) is 4.98 Å². The van der Waals surface area contributed by atoms with Crippen LogP contribution < -0.4 is 26.6 Å². The van der Waals surface area contributed by atoms with Crippen LogP contribution in [0, 0.1) is 5.82 Å². The first-order valence-electron chi connectivity index (χ1n) is 10.7. The lowest BCUT2D eigenvalue weighted by Gasteiger charge is -2.16. The summed E-state index contributed by atoms with van der Waals surface area (Å²) < 4.78 is 18.9. The van der Waals surface area contributed by atoms with E-state index in [0.717, 1.165) is 11.8 Å². The zero-order valence-corrected chi connectivity index (χ0v) is 19.9. The summed E-state index contributed by atoms with van der Waals surface area (Å²) in [7, 11) is 1.31. The maximum absolute atomic E-state index is 13.8. The number of thioether (sulfide) groups is 1. The quantitative estimate of drug-likeness (QED) is 0.264. The van der Waals surface area contributed by atoms with Gasteiger partial charge < -0.3 is 25.6 Å². The van der Waals surface area contributed by atoms with E-state index in [1.165, 1.54) is 43.5 Å². The molecule has 0 saturated carbocycles. The number of aromatic amines is 2. The van der Waals surface area contributed by atoms with Crippen LogP contribution in [0.4, 0.5) is 10.1 Å². The number of nitrogens with one attached hydrogen (secondary N) is 4. The maximum Gasteiger partial charge on any atom is 0.328 e. The number of methoxy groups -OCH3 is 1. The molecule has 12 nitrogen and oxygen atoms in total. The average Bonchev–Trinajstić information content (AvgIpc) is 3.18. The number of amides is 2. The van der Waals surface area contributed by atoms with Crippen molar-refractivity contribution in [3.8, 4) is 17.4 Å². The molecule has 37 heavy (non-hydrogen) atoms. The number of benzene rings is 2. The van der Waals surface area contributed by atoms with Crippen LogP contribution in [0.1, 0.15) is 23.6 Å². The van der Waals surface area contributed by atoms with Gasteiger partial charge in [0.1, 0.15) is 22.7 Å². The van der Waals surface area contributed by atoms with E-state index in [9.17, 15) is 33.8 Å². The lowest BCUT2D eigenvalue weighted by Crippen LogP contribution is -2.29. The van der Waals surface area contributed by atoms with Crippen LogP contribution in [0.15, 0.2) is 57.0 Å². The summed E-state index contributed by atoms with van der Waals surface area (Å²) in [5.41, 5.74) is -1.97. The number of phenols is 1. The summed E-state index contributed by atoms with van der Waals surface area (Å²) in [5, 5.41) is 24.3. The molecule has 6 N–H and O–H groups in total. The second kappa shape index (κ2) is 10.6. The van der Waals surface area contributed by atoms with Crippen molar-refractivity contribution in [1.82, 2.24) is 15.3 Å². The SMILES string of the molecule is COc1cc([C@H](N=C2NC(=O)[C@@H](CC(=O)Nc3ccccc3F)S2)c2c(O)[nH]c(=O)[nH]c2=O)ccc1O. The number of anilines is 1. The lowest BCUT2D eigenvalue weighted by atomic mass is 10.0. The van der Waals surface area contributed by atoms with Gasteiger partial charge in [0.25, 0.3) is 5.56 Å². The van der Waals surface area contributed by atoms with E-state index in [-0.39, 0.29) is 39.9 Å². The van der Waals surface area contributed by atoms with Crippen LogP contribution in [-0.2, 0) is 9.59 Å². The number of rotatable bonds is 7. The number of hydrogen-bond acceptors (Lipinski definition) is 9. The third-order valence-electron chi connectivity index (χ3n) is 5.29. The van der Waals surface area contributed by atoms with Crippen molar-refractivity contribution in [2.45, 2.75) is 17.7 Å². The largest absolute Gasteiger partial charge is 0.504 e. The molecule has 1 saturated heterocycles. The number of amidine groups is 1. The van der Waals surface area contributed by atoms with Gasteiger partial charge in [-0.25, -0.2) is 14.2 Å². The Labute approximate surface area is 211 Å². The number of para-hydroxylation sites is 1. The molecule has 1 fully saturated rings. The molecule has 2 atom stereocenters. The molecular weight excluding hydrogens is 509 g/mol. The highest BCUT2D eigenvalue weighted by atomic mass is 32.2. The van der Waals surface area contributed by atoms with E-state index in [0.29, 0.717) is 0 Å². The Bertz CT molecular complexity index is 1520. The van der Waals surface area contributed by atoms with Gasteiger partial charge in [0.15, 0.2) is 16.7 Å². The first kappa shape index (κ1) is 25.5. The van der Waals surface area contributed by atoms with Gasteiger partial charge in [-0.3, -0.25) is 24.4 Å². The van der Waals surface area contributed by atoms with Crippen molar-refractivity contribution in [3.05, 3.63) is 80.2 Å². The summed E-state index contributed by atoms with van der Waals surface area (Å²) in [6.07, 6.45) is -0.300. The fourth-order valence-corrected chi connectivity index (χ4v) is 4.55. The van der Waals surface area contributed by atoms with E-state index in [4.69, 9.17) is 4.74 Å². The summed E-state index contributed by atoms with van der Waals surface area (Å²) in [6, 6.07) is 8.40. The monoisotopic (exact) mass is 529 g/mol. The first-order valence-corrected chi connectivity index (χ1v) is 11.6. The fraction of sp³-hybridized carbons (Fsp3) is 0.174. The zero-order valence-electron chi connectivity index (χ0n) is 19.1. The van der Waals surface area contributed by atoms with Crippen molar-refractivity contribution in [3.63, 3.8) is 0 Å². The smallest absolute Gasteiger partial charge is 0.328 e. The van der Waals surface area contributed by atoms with Gasteiger partial charge in [-0.2, -0.15) is 0 Å². The van der Waals surface area contributed by atoms with Gasteiger partial charge in [0, 0.05) is 6.42 Å². The Balaban J connectivity index is 1.64. The van der Waals surface area contributed by atoms with E-state index in [2.05, 4.69) is 20.6 Å². The maximum atomic E-state index is 13.8. The van der Waals surface area contributed by atoms with Gasteiger partial charge in [-0.05, 0) is 29.8 Å². The number of hydrogen-bond donors (Lipinski definition) is 6. The molecular formula is C23H20FN5O7S. The van der Waals surface area contributed by atoms with Gasteiger partial charge in [0.05, 0.1) is 12.8 Å². The molecule has 14 heteroatoms. The standard InChI is InChI=1S/C23H20FN5O7S/c1-36-14-8-10(6-7-13(14)30)18(17-20(33)27-22(35)28-21(17)34)26-23-29-19(32)15(37-23)9-16(31)25-12-5-3-2-4-11(12)24/h2-8,15,18,30H,9H2,1H3,(H,25,31)(H,26,29,32)(H3,27,28,33,34,35)/t15-,18+/m1/s1. The third-order valence-corrected chi connectivity index (χ3v) is 6.39. The first-order chi connectivity index (χ1) is 17.7. The number of halogens is 1. The van der Waals surface area contributed by atoms with Crippen molar-refractivity contribution in [2.75, 3.05) is 12.4 Å². The number of aliphatic imine (C=N–C) groups is 1. The second-order valence-electron chi connectivity index (χ2n) is 7.77. The minimum atomic E-state index is -1.26. The number of carbonyl (C=O) groups is 2. The minimum Gasteiger partial charge on any atom is -0.504 e. The predicted molar refractivity (Wildman–Crippen MR) is 132 cm³/mol. The number of carbonyl (C=O) groups excluding carboxylic acids is 2. The Kier molecular flexibility index (Phi) is 7.29. The van der Waals surface area contributed by atoms with E-state index >= 15 is 0 Å². The highest BCUT2D eigenvalue weighted by Gasteiger charge is 2.34. The van der Waals surface area contributed by atoms with Gasteiger partial charge >= 0.3 is 5.69 Å².